The molecule has 1 unspecified atom stereocenters. The molecule has 3 heterocycles. The summed E-state index contributed by atoms with van der Waals surface area (Å²) in [7, 11) is -2.36. The summed E-state index contributed by atoms with van der Waals surface area (Å²) in [5.41, 5.74) is 5.90. The molecule has 1 saturated carbocycles. The SMILES string of the molecule is Cc1cccc(C)c1-c1cc(OCC(CC2CC(F)(F)C2)NCc2cnc3cc(C(C)(C)C)n(C)c3n2)nc(NS(=O)(=O)c2cccc(C(=O)O)c2)n1.Cl. The van der Waals surface area contributed by atoms with Gasteiger partial charge < -0.3 is 19.7 Å². The standard InChI is InChI=1S/C38H43F2N7O5S.ClH/c1-22-9-7-10-23(2)33(22)29-16-32(45-36(44-29)46-53(50,51)28-12-8-11-25(14-28)35(48)49)52-21-26(13-24-17-38(39,40)18-24)41-19-27-20-42-30-15-31(37(3,4)5)47(6)34(30)43-27;/h7-12,14-16,20,24,26,41H,13,17-19,21H2,1-6H3,(H,48,49)(H,44,45,46);1H. The van der Waals surface area contributed by atoms with E-state index in [9.17, 15) is 27.1 Å². The monoisotopic (exact) mass is 783 g/mol. The Bertz CT molecular complexity index is 2270. The van der Waals surface area contributed by atoms with Gasteiger partial charge in [-0.2, -0.15) is 4.98 Å². The maximum absolute atomic E-state index is 13.9. The molecule has 54 heavy (non-hydrogen) atoms. The molecule has 2 aromatic carbocycles. The summed E-state index contributed by atoms with van der Waals surface area (Å²) < 4.78 is 65.2. The first kappa shape index (κ1) is 40.5. The maximum Gasteiger partial charge on any atom is 0.335 e. The molecule has 0 amide bonds. The molecule has 3 aromatic heterocycles. The topological polar surface area (TPSA) is 161 Å². The largest absolute Gasteiger partial charge is 0.478 e. The Hall–Kier alpha value is -4.73. The van der Waals surface area contributed by atoms with Gasteiger partial charge in [0.05, 0.1) is 28.0 Å². The normalized spacial score (nSPS) is 15.0. The molecule has 288 valence electrons. The number of rotatable bonds is 13. The van der Waals surface area contributed by atoms with Gasteiger partial charge in [0, 0.05) is 55.2 Å². The van der Waals surface area contributed by atoms with Crippen LogP contribution in [-0.2, 0) is 29.0 Å². The number of benzene rings is 2. The van der Waals surface area contributed by atoms with Crippen molar-refractivity contribution in [2.45, 2.75) is 82.7 Å². The number of aromatic carboxylic acids is 1. The van der Waals surface area contributed by atoms with Crippen LogP contribution in [0.5, 0.6) is 5.88 Å². The van der Waals surface area contributed by atoms with Crippen LogP contribution in [0, 0.1) is 19.8 Å². The van der Waals surface area contributed by atoms with Gasteiger partial charge in [-0.15, -0.1) is 12.4 Å². The third kappa shape index (κ3) is 9.13. The molecule has 1 atom stereocenters. The van der Waals surface area contributed by atoms with Crippen LogP contribution in [-0.4, -0.2) is 62.6 Å². The molecule has 0 spiro atoms. The van der Waals surface area contributed by atoms with Gasteiger partial charge in [0.2, 0.25) is 17.8 Å². The number of ether oxygens (including phenoxy) is 1. The van der Waals surface area contributed by atoms with E-state index in [0.717, 1.165) is 39.6 Å². The number of aromatic nitrogens is 5. The number of fused-ring (bicyclic) bond motifs is 1. The number of carboxylic acids is 1. The third-order valence-electron chi connectivity index (χ3n) is 9.41. The fourth-order valence-corrected chi connectivity index (χ4v) is 7.77. The van der Waals surface area contributed by atoms with E-state index in [1.54, 1.807) is 12.3 Å². The molecule has 0 radical (unpaired) electrons. The molecular formula is C38H44ClF2N7O5S. The van der Waals surface area contributed by atoms with Crippen LogP contribution in [0.15, 0.2) is 65.7 Å². The number of nitrogens with one attached hydrogen (secondary N) is 2. The summed E-state index contributed by atoms with van der Waals surface area (Å²) in [4.78, 5) is 29.6. The Kier molecular flexibility index (Phi) is 11.7. The fourth-order valence-electron chi connectivity index (χ4n) is 6.78. The summed E-state index contributed by atoms with van der Waals surface area (Å²) >= 11 is 0. The van der Waals surface area contributed by atoms with Crippen molar-refractivity contribution in [3.63, 3.8) is 0 Å². The molecule has 0 saturated heterocycles. The molecule has 1 fully saturated rings. The summed E-state index contributed by atoms with van der Waals surface area (Å²) in [6.07, 6.45) is 1.67. The van der Waals surface area contributed by atoms with Crippen molar-refractivity contribution in [2.24, 2.45) is 13.0 Å². The molecular weight excluding hydrogens is 740 g/mol. The van der Waals surface area contributed by atoms with Gasteiger partial charge >= 0.3 is 5.97 Å². The quantitative estimate of drug-likeness (QED) is 0.111. The van der Waals surface area contributed by atoms with Crippen LogP contribution >= 0.6 is 12.4 Å². The number of halogens is 3. The molecule has 0 bridgehead atoms. The lowest BCUT2D eigenvalue weighted by Gasteiger charge is -2.37. The number of aryl methyl sites for hydroxylation is 3. The number of sulfonamides is 1. The van der Waals surface area contributed by atoms with Crippen LogP contribution < -0.4 is 14.8 Å². The Balaban J connectivity index is 0.00000561. The molecule has 1 aliphatic rings. The Morgan fingerprint density at radius 3 is 2.39 bits per heavy atom. The second-order valence-corrected chi connectivity index (χ2v) is 16.5. The van der Waals surface area contributed by atoms with Crippen molar-refractivity contribution in [3.8, 4) is 17.1 Å². The second kappa shape index (κ2) is 15.6. The Labute approximate surface area is 319 Å². The number of alkyl halides is 2. The van der Waals surface area contributed by atoms with Crippen LogP contribution in [0.2, 0.25) is 0 Å². The van der Waals surface area contributed by atoms with E-state index in [1.807, 2.05) is 49.7 Å². The summed E-state index contributed by atoms with van der Waals surface area (Å²) in [5, 5.41) is 12.8. The molecule has 16 heteroatoms. The van der Waals surface area contributed by atoms with Crippen LogP contribution in [0.3, 0.4) is 0 Å². The number of carboxylic acid groups (broad SMARTS) is 1. The number of anilines is 1. The highest BCUT2D eigenvalue weighted by molar-refractivity contribution is 7.92. The van der Waals surface area contributed by atoms with Crippen molar-refractivity contribution >= 4 is 45.5 Å². The first-order chi connectivity index (χ1) is 24.9. The lowest BCUT2D eigenvalue weighted by Crippen LogP contribution is -2.42. The number of hydrogen-bond acceptors (Lipinski definition) is 9. The summed E-state index contributed by atoms with van der Waals surface area (Å²) in [6, 6.07) is 13.9. The van der Waals surface area contributed by atoms with E-state index in [-0.39, 0.29) is 65.5 Å². The first-order valence-corrected chi connectivity index (χ1v) is 18.7. The van der Waals surface area contributed by atoms with Gasteiger partial charge in [-0.1, -0.05) is 45.0 Å². The lowest BCUT2D eigenvalue weighted by atomic mass is 9.77. The number of carbonyl (C=O) groups is 1. The van der Waals surface area contributed by atoms with Gasteiger partial charge in [-0.3, -0.25) is 4.98 Å². The highest BCUT2D eigenvalue weighted by Crippen LogP contribution is 2.44. The molecule has 12 nitrogen and oxygen atoms in total. The van der Waals surface area contributed by atoms with E-state index in [2.05, 4.69) is 45.8 Å². The summed E-state index contributed by atoms with van der Waals surface area (Å²) in [5.74, 6) is -4.42. The maximum atomic E-state index is 13.9. The summed E-state index contributed by atoms with van der Waals surface area (Å²) in [6.45, 7) is 10.5. The third-order valence-corrected chi connectivity index (χ3v) is 10.7. The van der Waals surface area contributed by atoms with Crippen molar-refractivity contribution in [1.82, 2.24) is 29.8 Å². The fraction of sp³-hybridized carbons (Fsp3) is 0.395. The number of hydrogen-bond donors (Lipinski definition) is 3. The zero-order valence-electron chi connectivity index (χ0n) is 30.9. The average Bonchev–Trinajstić information content (AvgIpc) is 3.41. The van der Waals surface area contributed by atoms with Gasteiger partial charge in [0.1, 0.15) is 12.1 Å². The molecule has 5 aromatic rings. The van der Waals surface area contributed by atoms with E-state index in [0.29, 0.717) is 24.4 Å². The molecule has 1 aliphatic carbocycles. The smallest absolute Gasteiger partial charge is 0.335 e. The predicted molar refractivity (Wildman–Crippen MR) is 204 cm³/mol. The van der Waals surface area contributed by atoms with Crippen LogP contribution in [0.25, 0.3) is 22.4 Å². The second-order valence-electron chi connectivity index (χ2n) is 14.8. The number of nitrogens with zero attached hydrogens (tertiary/aromatic N) is 5. The zero-order valence-corrected chi connectivity index (χ0v) is 32.5. The van der Waals surface area contributed by atoms with Crippen LogP contribution in [0.1, 0.15) is 72.9 Å². The minimum Gasteiger partial charge on any atom is -0.478 e. The van der Waals surface area contributed by atoms with Crippen molar-refractivity contribution in [3.05, 3.63) is 88.9 Å². The molecule has 3 N–H and O–H groups in total. The average molecular weight is 784 g/mol. The highest BCUT2D eigenvalue weighted by atomic mass is 35.5. The Morgan fingerprint density at radius 2 is 1.74 bits per heavy atom. The highest BCUT2D eigenvalue weighted by Gasteiger charge is 2.45. The minimum absolute atomic E-state index is 0. The lowest BCUT2D eigenvalue weighted by molar-refractivity contribution is -0.114. The molecule has 0 aliphatic heterocycles. The Morgan fingerprint density at radius 1 is 1.06 bits per heavy atom. The van der Waals surface area contributed by atoms with Gasteiger partial charge in [-0.05, 0) is 61.6 Å². The molecule has 6 rings (SSSR count). The first-order valence-electron chi connectivity index (χ1n) is 17.3. The van der Waals surface area contributed by atoms with E-state index < -0.39 is 28.0 Å². The van der Waals surface area contributed by atoms with Crippen molar-refractivity contribution in [1.29, 1.82) is 0 Å². The van der Waals surface area contributed by atoms with Crippen molar-refractivity contribution in [2.75, 3.05) is 11.3 Å². The minimum atomic E-state index is -4.32. The van der Waals surface area contributed by atoms with Crippen molar-refractivity contribution < 1.29 is 31.8 Å². The van der Waals surface area contributed by atoms with E-state index in [1.165, 1.54) is 18.2 Å². The predicted octanol–water partition coefficient (Wildman–Crippen LogP) is 7.23. The van der Waals surface area contributed by atoms with Gasteiger partial charge in [0.25, 0.3) is 10.0 Å². The van der Waals surface area contributed by atoms with E-state index in [4.69, 9.17) is 9.72 Å². The van der Waals surface area contributed by atoms with Gasteiger partial charge in [0.15, 0.2) is 5.65 Å². The van der Waals surface area contributed by atoms with Crippen LogP contribution in [0.4, 0.5) is 14.7 Å². The van der Waals surface area contributed by atoms with Gasteiger partial charge in [-0.25, -0.2) is 36.7 Å². The van der Waals surface area contributed by atoms with E-state index >= 15 is 0 Å². The zero-order chi connectivity index (χ0) is 38.3.